The summed E-state index contributed by atoms with van der Waals surface area (Å²) in [5.74, 6) is -1.31. The van der Waals surface area contributed by atoms with E-state index in [0.717, 1.165) is 0 Å². The quantitative estimate of drug-likeness (QED) is 0.810. The summed E-state index contributed by atoms with van der Waals surface area (Å²) in [5.41, 5.74) is 1.11. The first-order valence-corrected chi connectivity index (χ1v) is 8.17. The molecular formula is C16H18FN3O3S. The van der Waals surface area contributed by atoms with Crippen molar-refractivity contribution in [1.29, 1.82) is 0 Å². The molecule has 0 atom stereocenters. The molecule has 0 unspecified atom stereocenters. The first-order chi connectivity index (χ1) is 11.4. The third-order valence-electron chi connectivity index (χ3n) is 3.09. The molecule has 0 spiro atoms. The Morgan fingerprint density at radius 2 is 2.12 bits per heavy atom. The molecule has 0 saturated carbocycles. The van der Waals surface area contributed by atoms with Crippen LogP contribution in [0.2, 0.25) is 0 Å². The molecule has 2 rings (SSSR count). The molecule has 0 aliphatic heterocycles. The molecule has 0 aliphatic rings. The minimum Gasteiger partial charge on any atom is -0.466 e. The van der Waals surface area contributed by atoms with Crippen LogP contribution in [0, 0.1) is 5.82 Å². The van der Waals surface area contributed by atoms with Crippen LogP contribution in [0.4, 0.5) is 15.2 Å². The van der Waals surface area contributed by atoms with Gasteiger partial charge in [0.15, 0.2) is 5.13 Å². The van der Waals surface area contributed by atoms with Gasteiger partial charge in [0.2, 0.25) is 0 Å². The number of hydrogen-bond donors (Lipinski definition) is 1. The number of benzene rings is 1. The van der Waals surface area contributed by atoms with Crippen molar-refractivity contribution >= 4 is 34.0 Å². The molecule has 1 aromatic carbocycles. The lowest BCUT2D eigenvalue weighted by molar-refractivity contribution is -0.142. The highest BCUT2D eigenvalue weighted by molar-refractivity contribution is 7.14. The van der Waals surface area contributed by atoms with Gasteiger partial charge in [0.05, 0.1) is 24.4 Å². The number of halogens is 1. The maximum Gasteiger partial charge on any atom is 0.311 e. The number of aromatic nitrogens is 1. The molecule has 1 heterocycles. The zero-order valence-electron chi connectivity index (χ0n) is 13.6. The number of esters is 1. The molecule has 0 aliphatic carbocycles. The third-order valence-corrected chi connectivity index (χ3v) is 3.90. The SMILES string of the molecule is CCOC(=O)Cc1csc(NC(=O)c2ccc(N(C)C)c(F)c2)n1. The van der Waals surface area contributed by atoms with Gasteiger partial charge in [0.25, 0.3) is 5.91 Å². The van der Waals surface area contributed by atoms with Crippen LogP contribution in [0.25, 0.3) is 0 Å². The zero-order valence-corrected chi connectivity index (χ0v) is 14.4. The third kappa shape index (κ3) is 4.51. The Bertz CT molecular complexity index is 746. The fourth-order valence-electron chi connectivity index (χ4n) is 1.99. The van der Waals surface area contributed by atoms with Gasteiger partial charge in [-0.15, -0.1) is 11.3 Å². The van der Waals surface area contributed by atoms with E-state index < -0.39 is 11.7 Å². The molecule has 0 fully saturated rings. The highest BCUT2D eigenvalue weighted by Gasteiger charge is 2.14. The van der Waals surface area contributed by atoms with E-state index in [-0.39, 0.29) is 18.0 Å². The number of nitrogens with one attached hydrogen (secondary N) is 1. The number of nitrogens with zero attached hydrogens (tertiary/aromatic N) is 2. The Kier molecular flexibility index (Phi) is 5.86. The van der Waals surface area contributed by atoms with Gasteiger partial charge < -0.3 is 9.64 Å². The van der Waals surface area contributed by atoms with Gasteiger partial charge >= 0.3 is 5.97 Å². The molecular weight excluding hydrogens is 333 g/mol. The van der Waals surface area contributed by atoms with E-state index in [1.54, 1.807) is 37.4 Å². The van der Waals surface area contributed by atoms with E-state index in [9.17, 15) is 14.0 Å². The predicted molar refractivity (Wildman–Crippen MR) is 91.1 cm³/mol. The number of thiazole rings is 1. The number of carbonyl (C=O) groups excluding carboxylic acids is 2. The van der Waals surface area contributed by atoms with E-state index in [0.29, 0.717) is 23.1 Å². The van der Waals surface area contributed by atoms with Crippen LogP contribution in [-0.4, -0.2) is 37.6 Å². The van der Waals surface area contributed by atoms with Crippen LogP contribution in [0.15, 0.2) is 23.6 Å². The van der Waals surface area contributed by atoms with Gasteiger partial charge in [-0.3, -0.25) is 14.9 Å². The Morgan fingerprint density at radius 3 is 2.75 bits per heavy atom. The lowest BCUT2D eigenvalue weighted by Crippen LogP contribution is -2.15. The molecule has 6 nitrogen and oxygen atoms in total. The minimum atomic E-state index is -0.477. The highest BCUT2D eigenvalue weighted by Crippen LogP contribution is 2.20. The summed E-state index contributed by atoms with van der Waals surface area (Å²) >= 11 is 1.19. The highest BCUT2D eigenvalue weighted by atomic mass is 32.1. The summed E-state index contributed by atoms with van der Waals surface area (Å²) in [6.07, 6.45) is 0.0480. The number of carbonyl (C=O) groups is 2. The summed E-state index contributed by atoms with van der Waals surface area (Å²) in [5, 5.41) is 4.61. The van der Waals surface area contributed by atoms with Crippen molar-refractivity contribution in [1.82, 2.24) is 4.98 Å². The first kappa shape index (κ1) is 17.9. The maximum absolute atomic E-state index is 13.9. The van der Waals surface area contributed by atoms with Crippen LogP contribution in [-0.2, 0) is 16.0 Å². The van der Waals surface area contributed by atoms with Crippen molar-refractivity contribution in [2.45, 2.75) is 13.3 Å². The fourth-order valence-corrected chi connectivity index (χ4v) is 2.69. The normalized spacial score (nSPS) is 10.3. The number of anilines is 2. The molecule has 0 bridgehead atoms. The average Bonchev–Trinajstić information content (AvgIpc) is 2.93. The van der Waals surface area contributed by atoms with E-state index in [1.807, 2.05) is 0 Å². The van der Waals surface area contributed by atoms with Gasteiger partial charge in [-0.2, -0.15) is 0 Å². The average molecular weight is 351 g/mol. The lowest BCUT2D eigenvalue weighted by atomic mass is 10.2. The van der Waals surface area contributed by atoms with Crippen molar-refractivity contribution in [3.05, 3.63) is 40.7 Å². The van der Waals surface area contributed by atoms with Crippen molar-refractivity contribution in [2.24, 2.45) is 0 Å². The molecule has 0 radical (unpaired) electrons. The maximum atomic E-state index is 13.9. The molecule has 128 valence electrons. The van der Waals surface area contributed by atoms with Crippen LogP contribution in [0.1, 0.15) is 23.0 Å². The summed E-state index contributed by atoms with van der Waals surface area (Å²) in [6, 6.07) is 4.26. The van der Waals surface area contributed by atoms with Gasteiger partial charge in [-0.1, -0.05) is 0 Å². The molecule has 0 saturated heterocycles. The van der Waals surface area contributed by atoms with Gasteiger partial charge in [0, 0.05) is 25.0 Å². The second-order valence-electron chi connectivity index (χ2n) is 5.14. The van der Waals surface area contributed by atoms with E-state index in [2.05, 4.69) is 10.3 Å². The van der Waals surface area contributed by atoms with Crippen LogP contribution >= 0.6 is 11.3 Å². The monoisotopic (exact) mass is 351 g/mol. The summed E-state index contributed by atoms with van der Waals surface area (Å²) in [6.45, 7) is 2.03. The Balaban J connectivity index is 2.03. The summed E-state index contributed by atoms with van der Waals surface area (Å²) < 4.78 is 18.8. The Labute approximate surface area is 143 Å². The molecule has 2 aromatic rings. The minimum absolute atomic E-state index is 0.0480. The topological polar surface area (TPSA) is 71.5 Å². The van der Waals surface area contributed by atoms with Gasteiger partial charge in [0.1, 0.15) is 5.82 Å². The smallest absolute Gasteiger partial charge is 0.311 e. The molecule has 1 amide bonds. The zero-order chi connectivity index (χ0) is 17.7. The Hall–Kier alpha value is -2.48. The van der Waals surface area contributed by atoms with Crippen molar-refractivity contribution < 1.29 is 18.7 Å². The van der Waals surface area contributed by atoms with E-state index in [1.165, 1.54) is 23.5 Å². The van der Waals surface area contributed by atoms with Crippen molar-refractivity contribution in [2.75, 3.05) is 30.9 Å². The van der Waals surface area contributed by atoms with E-state index in [4.69, 9.17) is 4.74 Å². The summed E-state index contributed by atoms with van der Waals surface area (Å²) in [7, 11) is 3.44. The molecule has 1 N–H and O–H groups in total. The number of amides is 1. The molecule has 8 heteroatoms. The number of hydrogen-bond acceptors (Lipinski definition) is 6. The largest absolute Gasteiger partial charge is 0.466 e. The lowest BCUT2D eigenvalue weighted by Gasteiger charge is -2.13. The Morgan fingerprint density at radius 1 is 1.38 bits per heavy atom. The van der Waals surface area contributed by atoms with Crippen molar-refractivity contribution in [3.8, 4) is 0 Å². The second-order valence-corrected chi connectivity index (χ2v) is 6.00. The standard InChI is InChI=1S/C16H18FN3O3S/c1-4-23-14(21)8-11-9-24-16(18-11)19-15(22)10-5-6-13(20(2)3)12(17)7-10/h5-7,9H,4,8H2,1-3H3,(H,18,19,22). The molecule has 1 aromatic heterocycles. The molecule has 24 heavy (non-hydrogen) atoms. The second kappa shape index (κ2) is 7.87. The van der Waals surface area contributed by atoms with Crippen LogP contribution in [0.5, 0.6) is 0 Å². The van der Waals surface area contributed by atoms with Crippen LogP contribution < -0.4 is 10.2 Å². The number of rotatable bonds is 6. The predicted octanol–water partition coefficient (Wildman–Crippen LogP) is 2.71. The number of ether oxygens (including phenoxy) is 1. The summed E-state index contributed by atoms with van der Waals surface area (Å²) in [4.78, 5) is 29.3. The van der Waals surface area contributed by atoms with Crippen LogP contribution in [0.3, 0.4) is 0 Å². The van der Waals surface area contributed by atoms with Gasteiger partial charge in [-0.05, 0) is 25.1 Å². The van der Waals surface area contributed by atoms with Gasteiger partial charge in [-0.25, -0.2) is 9.37 Å². The van der Waals surface area contributed by atoms with E-state index >= 15 is 0 Å². The van der Waals surface area contributed by atoms with Crippen molar-refractivity contribution in [3.63, 3.8) is 0 Å². The first-order valence-electron chi connectivity index (χ1n) is 7.29. The fraction of sp³-hybridized carbons (Fsp3) is 0.312.